The first-order valence-corrected chi connectivity index (χ1v) is 3.79. The molecule has 76 valence electrons. The van der Waals surface area contributed by atoms with Crippen LogP contribution in [-0.4, -0.2) is 33.3 Å². The number of nitrogen functional groups attached to an aromatic ring is 2. The molecule has 0 spiro atoms. The van der Waals surface area contributed by atoms with E-state index in [1.165, 1.54) is 0 Å². The van der Waals surface area contributed by atoms with E-state index in [1.54, 1.807) is 0 Å². The summed E-state index contributed by atoms with van der Waals surface area (Å²) in [4.78, 5) is 10.9. The summed E-state index contributed by atoms with van der Waals surface area (Å²) in [5.74, 6) is -0.0239. The minimum atomic E-state index is -0.157. The Morgan fingerprint density at radius 2 is 1.86 bits per heavy atom. The van der Waals surface area contributed by atoms with Gasteiger partial charge < -0.3 is 21.3 Å². The van der Waals surface area contributed by atoms with E-state index < -0.39 is 0 Å². The monoisotopic (exact) mass is 197 g/mol. The van der Waals surface area contributed by atoms with Crippen LogP contribution in [0.4, 0.5) is 11.9 Å². The average molecular weight is 197 g/mol. The molecule has 0 atom stereocenters. The summed E-state index contributed by atoms with van der Waals surface area (Å²) in [6.07, 6.45) is 0. The molecule has 0 aromatic carbocycles. The van der Waals surface area contributed by atoms with Crippen molar-refractivity contribution in [2.75, 3.05) is 24.7 Å². The van der Waals surface area contributed by atoms with Crippen LogP contribution in [0.1, 0.15) is 0 Å². The fourth-order valence-corrected chi connectivity index (χ4v) is 0.665. The average Bonchev–Trinajstić information content (AvgIpc) is 2.12. The van der Waals surface area contributed by atoms with Crippen molar-refractivity contribution in [1.82, 2.24) is 15.0 Å². The third-order valence-electron chi connectivity index (χ3n) is 1.28. The Labute approximate surface area is 80.4 Å². The van der Waals surface area contributed by atoms with Gasteiger partial charge in [0.1, 0.15) is 6.61 Å². The van der Waals surface area contributed by atoms with Gasteiger partial charge in [-0.15, -0.1) is 0 Å². The Bertz CT molecular complexity index is 321. The minimum Gasteiger partial charge on any atom is -0.459 e. The van der Waals surface area contributed by atoms with E-state index in [4.69, 9.17) is 21.3 Å². The van der Waals surface area contributed by atoms with E-state index in [2.05, 4.69) is 21.5 Å². The van der Waals surface area contributed by atoms with Gasteiger partial charge in [0.15, 0.2) is 0 Å². The fraction of sp³-hybridized carbons (Fsp3) is 0.286. The highest BCUT2D eigenvalue weighted by Gasteiger charge is 2.02. The van der Waals surface area contributed by atoms with E-state index in [-0.39, 0.29) is 31.1 Å². The number of rotatable bonds is 4. The second-order valence-corrected chi connectivity index (χ2v) is 2.53. The first kappa shape index (κ1) is 10.2. The molecule has 7 nitrogen and oxygen atoms in total. The van der Waals surface area contributed by atoms with Gasteiger partial charge in [-0.25, -0.2) is 0 Å². The number of aliphatic hydroxyl groups excluding tert-OH is 1. The van der Waals surface area contributed by atoms with Crippen molar-refractivity contribution >= 4 is 11.9 Å². The zero-order valence-corrected chi connectivity index (χ0v) is 7.47. The number of hydrogen-bond donors (Lipinski definition) is 3. The Morgan fingerprint density at radius 3 is 2.36 bits per heavy atom. The van der Waals surface area contributed by atoms with Crippen molar-refractivity contribution in [2.24, 2.45) is 0 Å². The molecule has 0 saturated heterocycles. The van der Waals surface area contributed by atoms with Crippen molar-refractivity contribution < 1.29 is 9.84 Å². The summed E-state index contributed by atoms with van der Waals surface area (Å²) in [5, 5.41) is 8.64. The summed E-state index contributed by atoms with van der Waals surface area (Å²) in [7, 11) is 0. The zero-order valence-electron chi connectivity index (χ0n) is 7.47. The summed E-state index contributed by atoms with van der Waals surface area (Å²) in [6, 6.07) is 0.0181. The molecule has 14 heavy (non-hydrogen) atoms. The van der Waals surface area contributed by atoms with Crippen LogP contribution < -0.4 is 16.2 Å². The molecule has 0 aliphatic rings. The first-order chi connectivity index (χ1) is 6.61. The third-order valence-corrected chi connectivity index (χ3v) is 1.28. The van der Waals surface area contributed by atoms with Crippen molar-refractivity contribution in [1.29, 1.82) is 0 Å². The standard InChI is InChI=1S/C7H11N5O2/c1-4(2-13)3-14-7-11-5(8)10-6(9)12-7/h13H,1-3H2,(H4,8,9,10,11,12). The zero-order chi connectivity index (χ0) is 10.6. The van der Waals surface area contributed by atoms with Gasteiger partial charge in [-0.3, -0.25) is 0 Å². The molecule has 1 rings (SSSR count). The van der Waals surface area contributed by atoms with E-state index in [0.29, 0.717) is 5.57 Å². The highest BCUT2D eigenvalue weighted by Crippen LogP contribution is 2.06. The predicted octanol–water partition coefficient (Wildman–Crippen LogP) is -1.04. The lowest BCUT2D eigenvalue weighted by molar-refractivity contribution is 0.277. The molecule has 1 aromatic rings. The lowest BCUT2D eigenvalue weighted by atomic mass is 10.4. The molecule has 0 radical (unpaired) electrons. The molecule has 0 aliphatic carbocycles. The van der Waals surface area contributed by atoms with Gasteiger partial charge >= 0.3 is 6.01 Å². The molecule has 0 amide bonds. The van der Waals surface area contributed by atoms with Crippen molar-refractivity contribution in [3.63, 3.8) is 0 Å². The van der Waals surface area contributed by atoms with Gasteiger partial charge in [-0.1, -0.05) is 6.58 Å². The number of nitrogens with zero attached hydrogens (tertiary/aromatic N) is 3. The van der Waals surface area contributed by atoms with Crippen LogP contribution in [0.25, 0.3) is 0 Å². The highest BCUT2D eigenvalue weighted by atomic mass is 16.5. The van der Waals surface area contributed by atoms with Crippen LogP contribution in [0.3, 0.4) is 0 Å². The number of nitrogens with two attached hydrogens (primary N) is 2. The molecule has 0 bridgehead atoms. The fourth-order valence-electron chi connectivity index (χ4n) is 0.665. The quantitative estimate of drug-likeness (QED) is 0.527. The molecule has 0 unspecified atom stereocenters. The summed E-state index contributed by atoms with van der Waals surface area (Å²) < 4.78 is 5.04. The lowest BCUT2D eigenvalue weighted by Gasteiger charge is -2.05. The number of anilines is 2. The van der Waals surface area contributed by atoms with Crippen molar-refractivity contribution in [3.05, 3.63) is 12.2 Å². The van der Waals surface area contributed by atoms with Crippen LogP contribution in [-0.2, 0) is 0 Å². The molecule has 1 aromatic heterocycles. The van der Waals surface area contributed by atoms with Crippen LogP contribution in [0.2, 0.25) is 0 Å². The molecule has 7 heteroatoms. The molecular formula is C7H11N5O2. The molecule has 0 aliphatic heterocycles. The Kier molecular flexibility index (Phi) is 3.19. The highest BCUT2D eigenvalue weighted by molar-refractivity contribution is 5.27. The van der Waals surface area contributed by atoms with E-state index >= 15 is 0 Å². The van der Waals surface area contributed by atoms with Gasteiger partial charge in [0.05, 0.1) is 6.61 Å². The van der Waals surface area contributed by atoms with Gasteiger partial charge in [0.25, 0.3) is 0 Å². The lowest BCUT2D eigenvalue weighted by Crippen LogP contribution is -2.09. The van der Waals surface area contributed by atoms with Gasteiger partial charge in [-0.05, 0) is 5.57 Å². The maximum atomic E-state index is 8.64. The SMILES string of the molecule is C=C(CO)COc1nc(N)nc(N)n1. The molecule has 5 N–H and O–H groups in total. The molecule has 1 heterocycles. The number of ether oxygens (including phenoxy) is 1. The van der Waals surface area contributed by atoms with Crippen molar-refractivity contribution in [2.45, 2.75) is 0 Å². The summed E-state index contributed by atoms with van der Waals surface area (Å²) >= 11 is 0. The molecule has 0 fully saturated rings. The van der Waals surface area contributed by atoms with E-state index in [1.807, 2.05) is 0 Å². The van der Waals surface area contributed by atoms with Gasteiger partial charge in [0, 0.05) is 0 Å². The first-order valence-electron chi connectivity index (χ1n) is 3.79. The van der Waals surface area contributed by atoms with E-state index in [9.17, 15) is 0 Å². The summed E-state index contributed by atoms with van der Waals surface area (Å²) in [6.45, 7) is 3.48. The Morgan fingerprint density at radius 1 is 1.29 bits per heavy atom. The normalized spacial score (nSPS) is 9.79. The predicted molar refractivity (Wildman–Crippen MR) is 50.4 cm³/mol. The second kappa shape index (κ2) is 4.38. The molecule has 0 saturated carbocycles. The topological polar surface area (TPSA) is 120 Å². The smallest absolute Gasteiger partial charge is 0.323 e. The number of aromatic nitrogens is 3. The van der Waals surface area contributed by atoms with Crippen LogP contribution in [0, 0.1) is 0 Å². The Hall–Kier alpha value is -1.89. The van der Waals surface area contributed by atoms with Gasteiger partial charge in [0.2, 0.25) is 11.9 Å². The van der Waals surface area contributed by atoms with Crippen LogP contribution in [0.15, 0.2) is 12.2 Å². The summed E-state index contributed by atoms with van der Waals surface area (Å²) in [5.41, 5.74) is 11.1. The van der Waals surface area contributed by atoms with Gasteiger partial charge in [-0.2, -0.15) is 15.0 Å². The maximum Gasteiger partial charge on any atom is 0.323 e. The maximum absolute atomic E-state index is 8.64. The largest absolute Gasteiger partial charge is 0.459 e. The number of aliphatic hydroxyl groups is 1. The number of hydrogen-bond acceptors (Lipinski definition) is 7. The Balaban J connectivity index is 2.63. The molecular weight excluding hydrogens is 186 g/mol. The van der Waals surface area contributed by atoms with Crippen molar-refractivity contribution in [3.8, 4) is 6.01 Å². The minimum absolute atomic E-state index is 0.0119. The third kappa shape index (κ3) is 2.87. The second-order valence-electron chi connectivity index (χ2n) is 2.53. The van der Waals surface area contributed by atoms with Crippen LogP contribution in [0.5, 0.6) is 6.01 Å². The van der Waals surface area contributed by atoms with Crippen LogP contribution >= 0.6 is 0 Å². The van der Waals surface area contributed by atoms with E-state index in [0.717, 1.165) is 0 Å².